The molecule has 2 heteroatoms. The van der Waals surface area contributed by atoms with Gasteiger partial charge in [0.15, 0.2) is 5.82 Å². The number of aromatic nitrogens is 2. The standard InChI is InChI=1S/C26H34N2/c1-3-5-7-8-10-11-21-13-14-24-18-25(16-15-23(24)17-21)26-27-19-22(20-28-26)12-9-6-4-2/h13-20H,3-12H2,1-2H3. The Balaban J connectivity index is 1.64. The zero-order valence-corrected chi connectivity index (χ0v) is 17.6. The van der Waals surface area contributed by atoms with Crippen molar-refractivity contribution in [2.24, 2.45) is 0 Å². The monoisotopic (exact) mass is 374 g/mol. The molecule has 0 saturated carbocycles. The molecule has 0 radical (unpaired) electrons. The van der Waals surface area contributed by atoms with Gasteiger partial charge in [0.25, 0.3) is 0 Å². The Bertz CT molecular complexity index is 852. The lowest BCUT2D eigenvalue weighted by Gasteiger charge is -2.07. The van der Waals surface area contributed by atoms with E-state index in [2.05, 4.69) is 60.2 Å². The van der Waals surface area contributed by atoms with Crippen LogP contribution in [0.25, 0.3) is 22.2 Å². The molecule has 3 rings (SSSR count). The van der Waals surface area contributed by atoms with E-state index in [9.17, 15) is 0 Å². The first-order valence-corrected chi connectivity index (χ1v) is 11.1. The summed E-state index contributed by atoms with van der Waals surface area (Å²) in [6.45, 7) is 4.50. The van der Waals surface area contributed by atoms with Crippen LogP contribution in [-0.4, -0.2) is 9.97 Å². The van der Waals surface area contributed by atoms with Crippen LogP contribution in [0.4, 0.5) is 0 Å². The highest BCUT2D eigenvalue weighted by molar-refractivity contribution is 5.87. The fourth-order valence-corrected chi connectivity index (χ4v) is 3.73. The number of nitrogens with zero attached hydrogens (tertiary/aromatic N) is 2. The lowest BCUT2D eigenvalue weighted by Crippen LogP contribution is -1.93. The first-order chi connectivity index (χ1) is 13.8. The van der Waals surface area contributed by atoms with Gasteiger partial charge in [-0.15, -0.1) is 0 Å². The Morgan fingerprint density at radius 1 is 0.607 bits per heavy atom. The first-order valence-electron chi connectivity index (χ1n) is 11.1. The number of unbranched alkanes of at least 4 members (excludes halogenated alkanes) is 6. The molecule has 0 atom stereocenters. The maximum absolute atomic E-state index is 4.61. The lowest BCUT2D eigenvalue weighted by molar-refractivity contribution is 0.632. The Hall–Kier alpha value is -2.22. The van der Waals surface area contributed by atoms with Gasteiger partial charge < -0.3 is 0 Å². The van der Waals surface area contributed by atoms with Crippen molar-refractivity contribution in [3.8, 4) is 11.4 Å². The molecule has 0 N–H and O–H groups in total. The zero-order chi connectivity index (χ0) is 19.6. The number of aryl methyl sites for hydroxylation is 2. The van der Waals surface area contributed by atoms with Crippen molar-refractivity contribution in [2.75, 3.05) is 0 Å². The third-order valence-electron chi connectivity index (χ3n) is 5.51. The van der Waals surface area contributed by atoms with Crippen molar-refractivity contribution in [1.82, 2.24) is 9.97 Å². The molecule has 28 heavy (non-hydrogen) atoms. The lowest BCUT2D eigenvalue weighted by atomic mass is 10.0. The fourth-order valence-electron chi connectivity index (χ4n) is 3.73. The summed E-state index contributed by atoms with van der Waals surface area (Å²) < 4.78 is 0. The smallest absolute Gasteiger partial charge is 0.159 e. The average Bonchev–Trinajstić information content (AvgIpc) is 2.74. The fraction of sp³-hybridized carbons (Fsp3) is 0.462. The van der Waals surface area contributed by atoms with Gasteiger partial charge in [-0.25, -0.2) is 9.97 Å². The van der Waals surface area contributed by atoms with Crippen molar-refractivity contribution in [3.05, 3.63) is 59.9 Å². The molecule has 1 aromatic heterocycles. The number of hydrogen-bond acceptors (Lipinski definition) is 2. The minimum Gasteiger partial charge on any atom is -0.236 e. The highest BCUT2D eigenvalue weighted by atomic mass is 14.9. The predicted molar refractivity (Wildman–Crippen MR) is 121 cm³/mol. The van der Waals surface area contributed by atoms with Crippen LogP contribution in [-0.2, 0) is 12.8 Å². The summed E-state index contributed by atoms with van der Waals surface area (Å²) in [6, 6.07) is 13.5. The number of benzene rings is 2. The Kier molecular flexibility index (Phi) is 8.02. The van der Waals surface area contributed by atoms with Crippen molar-refractivity contribution in [2.45, 2.75) is 78.1 Å². The first kappa shape index (κ1) is 20.5. The van der Waals surface area contributed by atoms with Gasteiger partial charge in [-0.3, -0.25) is 0 Å². The van der Waals surface area contributed by atoms with Gasteiger partial charge in [0.1, 0.15) is 0 Å². The number of rotatable bonds is 11. The molecule has 3 aromatic rings. The molecule has 2 aromatic carbocycles. The van der Waals surface area contributed by atoms with Crippen LogP contribution in [0.3, 0.4) is 0 Å². The summed E-state index contributed by atoms with van der Waals surface area (Å²) in [5.41, 5.74) is 3.78. The van der Waals surface area contributed by atoms with Crippen LogP contribution >= 0.6 is 0 Å². The highest BCUT2D eigenvalue weighted by Gasteiger charge is 2.04. The van der Waals surface area contributed by atoms with Crippen LogP contribution in [0.15, 0.2) is 48.8 Å². The second-order valence-corrected chi connectivity index (χ2v) is 7.93. The Morgan fingerprint density at radius 2 is 1.21 bits per heavy atom. The van der Waals surface area contributed by atoms with E-state index >= 15 is 0 Å². The molecule has 0 aliphatic heterocycles. The average molecular weight is 375 g/mol. The second kappa shape index (κ2) is 10.9. The van der Waals surface area contributed by atoms with Gasteiger partial charge in [-0.2, -0.15) is 0 Å². The van der Waals surface area contributed by atoms with E-state index in [0.717, 1.165) is 17.8 Å². The summed E-state index contributed by atoms with van der Waals surface area (Å²) in [5, 5.41) is 2.58. The molecule has 0 spiro atoms. The van der Waals surface area contributed by atoms with E-state index in [1.165, 1.54) is 79.7 Å². The minimum absolute atomic E-state index is 0.821. The summed E-state index contributed by atoms with van der Waals surface area (Å²) >= 11 is 0. The molecule has 0 aliphatic rings. The molecule has 148 valence electrons. The molecule has 0 unspecified atom stereocenters. The molecule has 0 saturated heterocycles. The second-order valence-electron chi connectivity index (χ2n) is 7.93. The minimum atomic E-state index is 0.821. The molecule has 1 heterocycles. The van der Waals surface area contributed by atoms with Crippen LogP contribution in [0.5, 0.6) is 0 Å². The van der Waals surface area contributed by atoms with Gasteiger partial charge in [0, 0.05) is 18.0 Å². The van der Waals surface area contributed by atoms with Crippen molar-refractivity contribution >= 4 is 10.8 Å². The third kappa shape index (κ3) is 5.89. The van der Waals surface area contributed by atoms with Crippen molar-refractivity contribution in [3.63, 3.8) is 0 Å². The molecule has 0 aliphatic carbocycles. The summed E-state index contributed by atoms with van der Waals surface area (Å²) in [4.78, 5) is 9.21. The van der Waals surface area contributed by atoms with Crippen LogP contribution < -0.4 is 0 Å². The SMILES string of the molecule is CCCCCCCc1ccc2cc(-c3ncc(CCCCC)cn3)ccc2c1. The normalized spacial score (nSPS) is 11.2. The quantitative estimate of drug-likeness (QED) is 0.324. The molecule has 0 fully saturated rings. The largest absolute Gasteiger partial charge is 0.236 e. The topological polar surface area (TPSA) is 25.8 Å². The molecular weight excluding hydrogens is 340 g/mol. The van der Waals surface area contributed by atoms with Crippen LogP contribution in [0, 0.1) is 0 Å². The van der Waals surface area contributed by atoms with E-state index in [0.29, 0.717) is 0 Å². The van der Waals surface area contributed by atoms with Crippen LogP contribution in [0.1, 0.15) is 76.3 Å². The summed E-state index contributed by atoms with van der Waals surface area (Å²) in [7, 11) is 0. The van der Waals surface area contributed by atoms with E-state index in [1.807, 2.05) is 12.4 Å². The van der Waals surface area contributed by atoms with Gasteiger partial charge >= 0.3 is 0 Å². The van der Waals surface area contributed by atoms with Crippen molar-refractivity contribution in [1.29, 1.82) is 0 Å². The Morgan fingerprint density at radius 3 is 2.00 bits per heavy atom. The molecule has 0 bridgehead atoms. The Labute approximate surface area is 170 Å². The number of fused-ring (bicyclic) bond motifs is 1. The molecule has 0 amide bonds. The molecular formula is C26H34N2. The van der Waals surface area contributed by atoms with Gasteiger partial charge in [-0.1, -0.05) is 82.7 Å². The van der Waals surface area contributed by atoms with E-state index in [1.54, 1.807) is 0 Å². The summed E-state index contributed by atoms with van der Waals surface area (Å²) in [5.74, 6) is 0.821. The van der Waals surface area contributed by atoms with E-state index < -0.39 is 0 Å². The maximum atomic E-state index is 4.61. The van der Waals surface area contributed by atoms with Gasteiger partial charge in [0.05, 0.1) is 0 Å². The maximum Gasteiger partial charge on any atom is 0.159 e. The zero-order valence-electron chi connectivity index (χ0n) is 17.6. The third-order valence-corrected chi connectivity index (χ3v) is 5.51. The van der Waals surface area contributed by atoms with E-state index in [4.69, 9.17) is 0 Å². The predicted octanol–water partition coefficient (Wildman–Crippen LogP) is 7.54. The van der Waals surface area contributed by atoms with E-state index in [-0.39, 0.29) is 0 Å². The highest BCUT2D eigenvalue weighted by Crippen LogP contribution is 2.24. The molecule has 2 nitrogen and oxygen atoms in total. The summed E-state index contributed by atoms with van der Waals surface area (Å²) in [6.07, 6.45) is 16.7. The van der Waals surface area contributed by atoms with Gasteiger partial charge in [-0.05, 0) is 53.6 Å². The van der Waals surface area contributed by atoms with Gasteiger partial charge in [0.2, 0.25) is 0 Å². The number of hydrogen-bond donors (Lipinski definition) is 0. The van der Waals surface area contributed by atoms with Crippen molar-refractivity contribution < 1.29 is 0 Å². The van der Waals surface area contributed by atoms with Crippen LogP contribution in [0.2, 0.25) is 0 Å².